The van der Waals surface area contributed by atoms with Gasteiger partial charge in [0, 0.05) is 30.9 Å². The molecule has 1 N–H and O–H groups in total. The Hall–Kier alpha value is -2.96. The molecule has 24 heavy (non-hydrogen) atoms. The first-order valence-corrected chi connectivity index (χ1v) is 7.59. The zero-order valence-electron chi connectivity index (χ0n) is 12.8. The van der Waals surface area contributed by atoms with Crippen molar-refractivity contribution in [2.24, 2.45) is 0 Å². The van der Waals surface area contributed by atoms with Gasteiger partial charge in [0.1, 0.15) is 11.4 Å². The van der Waals surface area contributed by atoms with E-state index in [0.717, 1.165) is 30.3 Å². The summed E-state index contributed by atoms with van der Waals surface area (Å²) in [6, 6.07) is 12.6. The number of nitro benzene ring substituents is 1. The van der Waals surface area contributed by atoms with Crippen LogP contribution in [0.2, 0.25) is 0 Å². The number of nitrogens with one attached hydrogen (secondary N) is 1. The number of carbonyl (C=O) groups is 1. The topological polar surface area (TPSA) is 75.5 Å². The van der Waals surface area contributed by atoms with Crippen LogP contribution in [0.5, 0.6) is 0 Å². The molecule has 0 spiro atoms. The molecule has 2 aromatic carbocycles. The molecule has 1 fully saturated rings. The molecule has 0 radical (unpaired) electrons. The van der Waals surface area contributed by atoms with Crippen molar-refractivity contribution in [1.29, 1.82) is 0 Å². The maximum absolute atomic E-state index is 13.4. The third-order valence-corrected chi connectivity index (χ3v) is 4.01. The summed E-state index contributed by atoms with van der Waals surface area (Å²) in [7, 11) is 0. The third kappa shape index (κ3) is 3.34. The summed E-state index contributed by atoms with van der Waals surface area (Å²) in [6.07, 6.45) is 0.726. The highest BCUT2D eigenvalue weighted by molar-refractivity contribution is 5.98. The Bertz CT molecular complexity index is 767. The van der Waals surface area contributed by atoms with E-state index < -0.39 is 16.6 Å². The van der Waals surface area contributed by atoms with Crippen molar-refractivity contribution >= 4 is 17.3 Å². The highest BCUT2D eigenvalue weighted by Crippen LogP contribution is 2.24. The minimum absolute atomic E-state index is 0.0592. The quantitative estimate of drug-likeness (QED) is 0.691. The van der Waals surface area contributed by atoms with Crippen LogP contribution in [0.25, 0.3) is 0 Å². The highest BCUT2D eigenvalue weighted by Gasteiger charge is 2.31. The number of hydrogen-bond donors (Lipinski definition) is 1. The maximum atomic E-state index is 13.4. The summed E-state index contributed by atoms with van der Waals surface area (Å²) in [4.78, 5) is 24.5. The fourth-order valence-electron chi connectivity index (χ4n) is 2.84. The smallest absolute Gasteiger partial charge is 0.282 e. The van der Waals surface area contributed by atoms with Crippen molar-refractivity contribution in [2.45, 2.75) is 12.5 Å². The van der Waals surface area contributed by atoms with Crippen molar-refractivity contribution < 1.29 is 14.1 Å². The second kappa shape index (κ2) is 6.66. The Morgan fingerprint density at radius 1 is 1.25 bits per heavy atom. The van der Waals surface area contributed by atoms with Crippen LogP contribution in [0.15, 0.2) is 48.5 Å². The monoisotopic (exact) mass is 329 g/mol. The van der Waals surface area contributed by atoms with Gasteiger partial charge in [0.05, 0.1) is 4.92 Å². The lowest BCUT2D eigenvalue weighted by Crippen LogP contribution is -2.32. The van der Waals surface area contributed by atoms with Gasteiger partial charge in [-0.25, -0.2) is 4.39 Å². The molecule has 7 heteroatoms. The number of nitrogens with zero attached hydrogens (tertiary/aromatic N) is 2. The first-order chi connectivity index (χ1) is 11.5. The molecule has 2 aromatic rings. The van der Waals surface area contributed by atoms with E-state index in [1.165, 1.54) is 4.90 Å². The second-order valence-electron chi connectivity index (χ2n) is 5.67. The summed E-state index contributed by atoms with van der Waals surface area (Å²) in [5.74, 6) is -1.18. The predicted octanol–water partition coefficient (Wildman–Crippen LogP) is 3.06. The number of carbonyl (C=O) groups excluding carboxylic acids is 1. The van der Waals surface area contributed by atoms with Gasteiger partial charge in [-0.05, 0) is 30.7 Å². The van der Waals surface area contributed by atoms with Crippen molar-refractivity contribution in [3.8, 4) is 0 Å². The second-order valence-corrected chi connectivity index (χ2v) is 5.67. The molecule has 1 aliphatic heterocycles. The van der Waals surface area contributed by atoms with Gasteiger partial charge >= 0.3 is 0 Å². The number of benzene rings is 2. The molecular weight excluding hydrogens is 313 g/mol. The van der Waals surface area contributed by atoms with E-state index in [1.54, 1.807) is 0 Å². The lowest BCUT2D eigenvalue weighted by atomic mass is 10.1. The van der Waals surface area contributed by atoms with E-state index in [9.17, 15) is 19.3 Å². The molecule has 124 valence electrons. The normalized spacial score (nSPS) is 16.9. The fraction of sp³-hybridized carbons (Fsp3) is 0.235. The van der Waals surface area contributed by atoms with Gasteiger partial charge in [-0.15, -0.1) is 0 Å². The van der Waals surface area contributed by atoms with E-state index in [4.69, 9.17) is 0 Å². The first-order valence-electron chi connectivity index (χ1n) is 7.59. The summed E-state index contributed by atoms with van der Waals surface area (Å²) in [5, 5.41) is 14.4. The van der Waals surface area contributed by atoms with E-state index >= 15 is 0 Å². The van der Waals surface area contributed by atoms with Gasteiger partial charge in [-0.2, -0.15) is 0 Å². The number of para-hydroxylation sites is 1. The van der Waals surface area contributed by atoms with Crippen molar-refractivity contribution in [2.75, 3.05) is 18.4 Å². The number of anilines is 1. The van der Waals surface area contributed by atoms with E-state index in [0.29, 0.717) is 13.1 Å². The van der Waals surface area contributed by atoms with E-state index in [2.05, 4.69) is 5.32 Å². The molecule has 1 aliphatic rings. The Morgan fingerprint density at radius 3 is 2.71 bits per heavy atom. The molecule has 0 saturated carbocycles. The van der Waals surface area contributed by atoms with Crippen LogP contribution in [0.4, 0.5) is 15.8 Å². The molecule has 1 heterocycles. The van der Waals surface area contributed by atoms with Gasteiger partial charge in [0.15, 0.2) is 0 Å². The number of rotatable bonds is 4. The standard InChI is InChI=1S/C17H16FN3O3/c18-12-6-7-16(21(23)24)15(10-12)17(22)20-9-8-14(11-20)19-13-4-2-1-3-5-13/h1-7,10,14,19H,8-9,11H2. The molecule has 1 unspecified atom stereocenters. The Balaban J connectivity index is 1.73. The van der Waals surface area contributed by atoms with Gasteiger partial charge in [-0.3, -0.25) is 14.9 Å². The number of nitro groups is 1. The molecule has 1 saturated heterocycles. The molecule has 3 rings (SSSR count). The Labute approximate surface area is 138 Å². The largest absolute Gasteiger partial charge is 0.380 e. The van der Waals surface area contributed by atoms with E-state index in [-0.39, 0.29) is 17.3 Å². The van der Waals surface area contributed by atoms with Crippen LogP contribution in [0.3, 0.4) is 0 Å². The third-order valence-electron chi connectivity index (χ3n) is 4.01. The first kappa shape index (κ1) is 15.9. The van der Waals surface area contributed by atoms with Crippen LogP contribution in [0, 0.1) is 15.9 Å². The molecule has 1 amide bonds. The van der Waals surface area contributed by atoms with Crippen LogP contribution in [-0.2, 0) is 0 Å². The van der Waals surface area contributed by atoms with Gasteiger partial charge in [0.25, 0.3) is 11.6 Å². The average molecular weight is 329 g/mol. The predicted molar refractivity (Wildman–Crippen MR) is 87.4 cm³/mol. The number of likely N-dealkylation sites (tertiary alicyclic amines) is 1. The molecular formula is C17H16FN3O3. The molecule has 0 aromatic heterocycles. The number of amides is 1. The summed E-state index contributed by atoms with van der Waals surface area (Å²) in [5.41, 5.74) is 0.370. The minimum Gasteiger partial charge on any atom is -0.380 e. The molecule has 0 aliphatic carbocycles. The summed E-state index contributed by atoms with van der Waals surface area (Å²) in [6.45, 7) is 0.887. The van der Waals surface area contributed by atoms with Crippen LogP contribution in [0.1, 0.15) is 16.8 Å². The summed E-state index contributed by atoms with van der Waals surface area (Å²) < 4.78 is 13.4. The van der Waals surface area contributed by atoms with Crippen molar-refractivity contribution in [3.63, 3.8) is 0 Å². The van der Waals surface area contributed by atoms with Gasteiger partial charge < -0.3 is 10.2 Å². The van der Waals surface area contributed by atoms with Crippen molar-refractivity contribution in [1.82, 2.24) is 4.90 Å². The zero-order valence-corrected chi connectivity index (χ0v) is 12.8. The van der Waals surface area contributed by atoms with E-state index in [1.807, 2.05) is 30.3 Å². The zero-order chi connectivity index (χ0) is 17.1. The Kier molecular flexibility index (Phi) is 4.41. The molecule has 0 bridgehead atoms. The number of hydrogen-bond acceptors (Lipinski definition) is 4. The van der Waals surface area contributed by atoms with Gasteiger partial charge in [-0.1, -0.05) is 18.2 Å². The lowest BCUT2D eigenvalue weighted by Gasteiger charge is -2.18. The minimum atomic E-state index is -0.665. The Morgan fingerprint density at radius 2 is 2.00 bits per heavy atom. The van der Waals surface area contributed by atoms with Crippen LogP contribution >= 0.6 is 0 Å². The highest BCUT2D eigenvalue weighted by atomic mass is 19.1. The lowest BCUT2D eigenvalue weighted by molar-refractivity contribution is -0.385. The average Bonchev–Trinajstić information content (AvgIpc) is 3.03. The van der Waals surface area contributed by atoms with Crippen LogP contribution < -0.4 is 5.32 Å². The fourth-order valence-corrected chi connectivity index (χ4v) is 2.84. The SMILES string of the molecule is O=C(c1cc(F)ccc1[N+](=O)[O-])N1CCC(Nc2ccccc2)C1. The molecule has 6 nitrogen and oxygen atoms in total. The van der Waals surface area contributed by atoms with Gasteiger partial charge in [0.2, 0.25) is 0 Å². The van der Waals surface area contributed by atoms with Crippen molar-refractivity contribution in [3.05, 3.63) is 70.0 Å². The number of halogens is 1. The molecule has 1 atom stereocenters. The van der Waals surface area contributed by atoms with Crippen LogP contribution in [-0.4, -0.2) is 34.9 Å². The summed E-state index contributed by atoms with van der Waals surface area (Å²) >= 11 is 0. The maximum Gasteiger partial charge on any atom is 0.282 e.